The molecule has 5 heteroatoms. The second-order valence-corrected chi connectivity index (χ2v) is 4.60. The Morgan fingerprint density at radius 3 is 2.52 bits per heavy atom. The van der Waals surface area contributed by atoms with Gasteiger partial charge in [-0.25, -0.2) is 9.97 Å². The Morgan fingerprint density at radius 1 is 1.10 bits per heavy atom. The van der Waals surface area contributed by atoms with Gasteiger partial charge in [-0.15, -0.1) is 0 Å². The highest BCUT2D eigenvalue weighted by molar-refractivity contribution is 5.62. The van der Waals surface area contributed by atoms with Crippen LogP contribution in [-0.4, -0.2) is 23.2 Å². The maximum Gasteiger partial charge on any atom is 0.157 e. The summed E-state index contributed by atoms with van der Waals surface area (Å²) in [5.41, 5.74) is 7.60. The molecular weight excluding hydrogens is 266 g/mol. The largest absolute Gasteiger partial charge is 0.494 e. The van der Waals surface area contributed by atoms with E-state index in [0.717, 1.165) is 30.0 Å². The second kappa shape index (κ2) is 7.59. The van der Waals surface area contributed by atoms with Gasteiger partial charge in [0.15, 0.2) is 5.82 Å². The number of nitrogens with zero attached hydrogens (tertiary/aromatic N) is 2. The summed E-state index contributed by atoms with van der Waals surface area (Å²) in [5, 5.41) is 0. The van der Waals surface area contributed by atoms with Crippen LogP contribution in [0.3, 0.4) is 0 Å². The Morgan fingerprint density at radius 2 is 1.86 bits per heavy atom. The highest BCUT2D eigenvalue weighted by Crippen LogP contribution is 2.22. The summed E-state index contributed by atoms with van der Waals surface area (Å²) in [4.78, 5) is 8.65. The first-order chi connectivity index (χ1) is 10.2. The molecule has 0 radical (unpaired) electrons. The molecule has 1 aromatic carbocycles. The van der Waals surface area contributed by atoms with Crippen molar-refractivity contribution in [3.8, 4) is 17.0 Å². The molecule has 0 aliphatic heterocycles. The third kappa shape index (κ3) is 4.43. The summed E-state index contributed by atoms with van der Waals surface area (Å²) < 4.78 is 10.9. The SMILES string of the molecule is CCCOc1ccc(-c2cc(N)nc(COCC)n2)cc1. The van der Waals surface area contributed by atoms with Crippen molar-refractivity contribution < 1.29 is 9.47 Å². The molecule has 0 spiro atoms. The van der Waals surface area contributed by atoms with Gasteiger partial charge in [0.2, 0.25) is 0 Å². The fourth-order valence-corrected chi connectivity index (χ4v) is 1.87. The predicted molar refractivity (Wildman–Crippen MR) is 83.0 cm³/mol. The minimum absolute atomic E-state index is 0.367. The Hall–Kier alpha value is -2.14. The van der Waals surface area contributed by atoms with E-state index in [9.17, 15) is 0 Å². The predicted octanol–water partition coefficient (Wildman–Crippen LogP) is 3.05. The first-order valence-electron chi connectivity index (χ1n) is 7.17. The molecule has 0 saturated carbocycles. The zero-order chi connectivity index (χ0) is 15.1. The molecule has 0 saturated heterocycles. The Labute approximate surface area is 125 Å². The van der Waals surface area contributed by atoms with Crippen LogP contribution in [0.5, 0.6) is 5.75 Å². The summed E-state index contributed by atoms with van der Waals surface area (Å²) >= 11 is 0. The summed E-state index contributed by atoms with van der Waals surface area (Å²) in [5.74, 6) is 1.90. The van der Waals surface area contributed by atoms with E-state index in [4.69, 9.17) is 15.2 Å². The first-order valence-corrected chi connectivity index (χ1v) is 7.17. The van der Waals surface area contributed by atoms with Gasteiger partial charge >= 0.3 is 0 Å². The Bertz CT molecular complexity index is 570. The van der Waals surface area contributed by atoms with Crippen LogP contribution in [0.4, 0.5) is 5.82 Å². The first kappa shape index (κ1) is 15.3. The quantitative estimate of drug-likeness (QED) is 0.847. The van der Waals surface area contributed by atoms with E-state index in [1.165, 1.54) is 0 Å². The molecule has 2 aromatic rings. The number of nitrogens with two attached hydrogens (primary N) is 1. The molecule has 0 amide bonds. The number of benzene rings is 1. The van der Waals surface area contributed by atoms with Gasteiger partial charge in [-0.3, -0.25) is 0 Å². The molecule has 1 heterocycles. The topological polar surface area (TPSA) is 70.3 Å². The zero-order valence-electron chi connectivity index (χ0n) is 12.5. The number of aromatic nitrogens is 2. The van der Waals surface area contributed by atoms with Gasteiger partial charge in [-0.2, -0.15) is 0 Å². The van der Waals surface area contributed by atoms with E-state index in [0.29, 0.717) is 24.9 Å². The lowest BCUT2D eigenvalue weighted by atomic mass is 10.1. The normalized spacial score (nSPS) is 10.6. The van der Waals surface area contributed by atoms with Crippen LogP contribution in [0, 0.1) is 0 Å². The van der Waals surface area contributed by atoms with E-state index < -0.39 is 0 Å². The van der Waals surface area contributed by atoms with E-state index in [-0.39, 0.29) is 0 Å². The molecular formula is C16H21N3O2. The van der Waals surface area contributed by atoms with Crippen LogP contribution in [-0.2, 0) is 11.3 Å². The number of hydrogen-bond acceptors (Lipinski definition) is 5. The molecule has 1 aromatic heterocycles. The molecule has 0 fully saturated rings. The van der Waals surface area contributed by atoms with Crippen LogP contribution in [0.1, 0.15) is 26.1 Å². The number of anilines is 1. The van der Waals surface area contributed by atoms with Crippen LogP contribution in [0.15, 0.2) is 30.3 Å². The third-order valence-corrected chi connectivity index (χ3v) is 2.85. The van der Waals surface area contributed by atoms with Crippen molar-refractivity contribution in [3.05, 3.63) is 36.2 Å². The maximum atomic E-state index is 5.83. The van der Waals surface area contributed by atoms with Gasteiger partial charge in [0.1, 0.15) is 18.2 Å². The number of nitrogen functional groups attached to an aromatic ring is 1. The van der Waals surface area contributed by atoms with Crippen molar-refractivity contribution in [2.45, 2.75) is 26.9 Å². The summed E-state index contributed by atoms with van der Waals surface area (Å²) in [6.07, 6.45) is 0.991. The highest BCUT2D eigenvalue weighted by Gasteiger charge is 2.06. The summed E-state index contributed by atoms with van der Waals surface area (Å²) in [6.45, 7) is 5.72. The van der Waals surface area contributed by atoms with Gasteiger partial charge < -0.3 is 15.2 Å². The van der Waals surface area contributed by atoms with Crippen molar-refractivity contribution in [2.24, 2.45) is 0 Å². The zero-order valence-corrected chi connectivity index (χ0v) is 12.5. The average molecular weight is 287 g/mol. The van der Waals surface area contributed by atoms with Crippen LogP contribution in [0.25, 0.3) is 11.3 Å². The fraction of sp³-hybridized carbons (Fsp3) is 0.375. The Kier molecular flexibility index (Phi) is 5.51. The molecule has 0 aliphatic rings. The van der Waals surface area contributed by atoms with Crippen LogP contribution in [0.2, 0.25) is 0 Å². The Balaban J connectivity index is 2.18. The number of hydrogen-bond donors (Lipinski definition) is 1. The number of ether oxygens (including phenoxy) is 2. The average Bonchev–Trinajstić information content (AvgIpc) is 2.51. The molecule has 0 bridgehead atoms. The number of rotatable bonds is 7. The molecule has 0 aliphatic carbocycles. The maximum absolute atomic E-state index is 5.83. The smallest absolute Gasteiger partial charge is 0.157 e. The lowest BCUT2D eigenvalue weighted by Crippen LogP contribution is -2.03. The van der Waals surface area contributed by atoms with Crippen molar-refractivity contribution >= 4 is 5.82 Å². The second-order valence-electron chi connectivity index (χ2n) is 4.60. The van der Waals surface area contributed by atoms with E-state index in [1.54, 1.807) is 6.07 Å². The fourth-order valence-electron chi connectivity index (χ4n) is 1.87. The van der Waals surface area contributed by atoms with E-state index in [1.807, 2.05) is 31.2 Å². The van der Waals surface area contributed by atoms with Gasteiger partial charge in [0.25, 0.3) is 0 Å². The minimum atomic E-state index is 0.367. The summed E-state index contributed by atoms with van der Waals surface area (Å²) in [6, 6.07) is 9.57. The van der Waals surface area contributed by atoms with Crippen LogP contribution < -0.4 is 10.5 Å². The van der Waals surface area contributed by atoms with E-state index in [2.05, 4.69) is 16.9 Å². The molecule has 2 rings (SSSR count). The van der Waals surface area contributed by atoms with Gasteiger partial charge in [0.05, 0.1) is 12.3 Å². The lowest BCUT2D eigenvalue weighted by molar-refractivity contribution is 0.128. The molecule has 112 valence electrons. The van der Waals surface area contributed by atoms with Gasteiger partial charge in [0, 0.05) is 18.2 Å². The standard InChI is InChI=1S/C16H21N3O2/c1-3-9-21-13-7-5-12(6-8-13)14-10-15(17)19-16(18-14)11-20-4-2/h5-8,10H,3-4,9,11H2,1-2H3,(H2,17,18,19). The van der Waals surface area contributed by atoms with Gasteiger partial charge in [-0.1, -0.05) is 6.92 Å². The molecule has 5 nitrogen and oxygen atoms in total. The van der Waals surface area contributed by atoms with Crippen LogP contribution >= 0.6 is 0 Å². The van der Waals surface area contributed by atoms with Crippen molar-refractivity contribution in [1.82, 2.24) is 9.97 Å². The molecule has 0 atom stereocenters. The third-order valence-electron chi connectivity index (χ3n) is 2.85. The van der Waals surface area contributed by atoms with Crippen molar-refractivity contribution in [2.75, 3.05) is 18.9 Å². The monoisotopic (exact) mass is 287 g/mol. The van der Waals surface area contributed by atoms with E-state index >= 15 is 0 Å². The molecule has 2 N–H and O–H groups in total. The minimum Gasteiger partial charge on any atom is -0.494 e. The molecule has 21 heavy (non-hydrogen) atoms. The van der Waals surface area contributed by atoms with Crippen molar-refractivity contribution in [1.29, 1.82) is 0 Å². The van der Waals surface area contributed by atoms with Crippen molar-refractivity contribution in [3.63, 3.8) is 0 Å². The van der Waals surface area contributed by atoms with Gasteiger partial charge in [-0.05, 0) is 37.6 Å². The lowest BCUT2D eigenvalue weighted by Gasteiger charge is -2.08. The summed E-state index contributed by atoms with van der Waals surface area (Å²) in [7, 11) is 0. The highest BCUT2D eigenvalue weighted by atomic mass is 16.5. The molecule has 0 unspecified atom stereocenters.